The van der Waals surface area contributed by atoms with Crippen molar-refractivity contribution in [1.82, 2.24) is 0 Å². The fourth-order valence-corrected chi connectivity index (χ4v) is 3.15. The molecule has 1 fully saturated rings. The zero-order valence-electron chi connectivity index (χ0n) is 18.6. The van der Waals surface area contributed by atoms with Gasteiger partial charge in [0.25, 0.3) is 11.4 Å². The topological polar surface area (TPSA) is 123 Å². The molecule has 0 unspecified atom stereocenters. The van der Waals surface area contributed by atoms with E-state index in [1.54, 1.807) is 12.1 Å². The van der Waals surface area contributed by atoms with Crippen LogP contribution in [-0.4, -0.2) is 42.4 Å². The summed E-state index contributed by atoms with van der Waals surface area (Å²) in [6, 6.07) is 8.76. The van der Waals surface area contributed by atoms with Gasteiger partial charge < -0.3 is 18.8 Å². The Kier molecular flexibility index (Phi) is 7.86. The Morgan fingerprint density at radius 2 is 1.28 bits per heavy atom. The molecular formula is C20H24BBrN2O8. The van der Waals surface area contributed by atoms with Crippen LogP contribution in [0, 0.1) is 20.2 Å². The van der Waals surface area contributed by atoms with Gasteiger partial charge in [-0.05, 0) is 49.7 Å². The minimum Gasteiger partial charge on any atom is -0.497 e. The maximum atomic E-state index is 10.8. The molecule has 0 aromatic heterocycles. The van der Waals surface area contributed by atoms with Gasteiger partial charge in [0.15, 0.2) is 0 Å². The van der Waals surface area contributed by atoms with E-state index in [1.807, 2.05) is 27.7 Å². The molecule has 2 aromatic carbocycles. The van der Waals surface area contributed by atoms with Crippen molar-refractivity contribution in [3.8, 4) is 11.5 Å². The highest BCUT2D eigenvalue weighted by Gasteiger charge is 2.52. The van der Waals surface area contributed by atoms with Crippen LogP contribution in [0.5, 0.6) is 11.5 Å². The molecule has 3 rings (SSSR count). The number of halogens is 1. The van der Waals surface area contributed by atoms with Gasteiger partial charge in [-0.2, -0.15) is 0 Å². The summed E-state index contributed by atoms with van der Waals surface area (Å²) in [5.74, 6) is 0.849. The average Bonchev–Trinajstić information content (AvgIpc) is 2.95. The SMILES string of the molecule is COc1cc([N+](=O)[O-])ccc1B1OC(C)(C)C(C)(C)O1.COc1cc([N+](=O)[O-])ccc1Br. The van der Waals surface area contributed by atoms with E-state index in [-0.39, 0.29) is 11.4 Å². The third kappa shape index (κ3) is 5.56. The Bertz CT molecular complexity index is 999. The van der Waals surface area contributed by atoms with E-state index in [9.17, 15) is 20.2 Å². The molecule has 0 N–H and O–H groups in total. The summed E-state index contributed by atoms with van der Waals surface area (Å²) >= 11 is 3.19. The molecule has 0 atom stereocenters. The minimum atomic E-state index is -0.601. The number of nitro groups is 2. The predicted octanol–water partition coefficient (Wildman–Crippen LogP) is 4.27. The quantitative estimate of drug-likeness (QED) is 0.332. The number of ether oxygens (including phenoxy) is 2. The van der Waals surface area contributed by atoms with E-state index in [2.05, 4.69) is 15.9 Å². The lowest BCUT2D eigenvalue weighted by molar-refractivity contribution is -0.385. The molecule has 2 aromatic rings. The van der Waals surface area contributed by atoms with Gasteiger partial charge in [0, 0.05) is 17.6 Å². The van der Waals surface area contributed by atoms with Gasteiger partial charge in [-0.25, -0.2) is 0 Å². The van der Waals surface area contributed by atoms with Crippen LogP contribution in [0.15, 0.2) is 40.9 Å². The summed E-state index contributed by atoms with van der Waals surface area (Å²) in [7, 11) is 2.33. The summed E-state index contributed by atoms with van der Waals surface area (Å²) in [4.78, 5) is 20.2. The van der Waals surface area contributed by atoms with E-state index >= 15 is 0 Å². The van der Waals surface area contributed by atoms with Gasteiger partial charge in [-0.1, -0.05) is 6.07 Å². The third-order valence-electron chi connectivity index (χ3n) is 5.28. The van der Waals surface area contributed by atoms with Crippen LogP contribution in [0.1, 0.15) is 27.7 Å². The fourth-order valence-electron chi connectivity index (χ4n) is 2.74. The lowest BCUT2D eigenvalue weighted by Crippen LogP contribution is -2.41. The number of methoxy groups -OCH3 is 2. The van der Waals surface area contributed by atoms with Gasteiger partial charge in [0.1, 0.15) is 11.5 Å². The normalized spacial score (nSPS) is 16.0. The first kappa shape index (κ1) is 25.6. The summed E-state index contributed by atoms with van der Waals surface area (Å²) in [6.45, 7) is 7.80. The van der Waals surface area contributed by atoms with Crippen molar-refractivity contribution in [2.75, 3.05) is 14.2 Å². The highest BCUT2D eigenvalue weighted by Crippen LogP contribution is 2.37. The van der Waals surface area contributed by atoms with Gasteiger partial charge >= 0.3 is 7.12 Å². The maximum absolute atomic E-state index is 10.8. The Balaban J connectivity index is 0.000000258. The van der Waals surface area contributed by atoms with Crippen molar-refractivity contribution in [2.24, 2.45) is 0 Å². The van der Waals surface area contributed by atoms with E-state index in [1.165, 1.54) is 38.5 Å². The van der Waals surface area contributed by atoms with Crippen molar-refractivity contribution in [3.63, 3.8) is 0 Å². The third-order valence-corrected chi connectivity index (χ3v) is 5.94. The molecule has 1 saturated heterocycles. The number of nitro benzene ring substituents is 2. The lowest BCUT2D eigenvalue weighted by Gasteiger charge is -2.32. The van der Waals surface area contributed by atoms with Gasteiger partial charge in [-0.15, -0.1) is 0 Å². The van der Waals surface area contributed by atoms with Crippen LogP contribution < -0.4 is 14.9 Å². The first-order valence-electron chi connectivity index (χ1n) is 9.49. The van der Waals surface area contributed by atoms with Crippen molar-refractivity contribution >= 4 is 39.9 Å². The largest absolute Gasteiger partial charge is 0.498 e. The van der Waals surface area contributed by atoms with E-state index in [4.69, 9.17) is 18.8 Å². The highest BCUT2D eigenvalue weighted by molar-refractivity contribution is 9.10. The Hall–Kier alpha value is -2.70. The molecule has 172 valence electrons. The Morgan fingerprint density at radius 3 is 1.72 bits per heavy atom. The molecular weight excluding hydrogens is 487 g/mol. The second-order valence-corrected chi connectivity index (χ2v) is 8.70. The van der Waals surface area contributed by atoms with Crippen molar-refractivity contribution < 1.29 is 28.6 Å². The number of nitrogens with zero attached hydrogens (tertiary/aromatic N) is 2. The molecule has 0 spiro atoms. The van der Waals surface area contributed by atoms with Crippen LogP contribution >= 0.6 is 15.9 Å². The van der Waals surface area contributed by atoms with Crippen LogP contribution in [0.4, 0.5) is 11.4 Å². The van der Waals surface area contributed by atoms with Crippen LogP contribution in [-0.2, 0) is 9.31 Å². The highest BCUT2D eigenvalue weighted by atomic mass is 79.9. The zero-order valence-corrected chi connectivity index (χ0v) is 20.2. The van der Waals surface area contributed by atoms with Gasteiger partial charge in [0.05, 0.1) is 51.9 Å². The molecule has 10 nitrogen and oxygen atoms in total. The average molecular weight is 511 g/mol. The lowest BCUT2D eigenvalue weighted by atomic mass is 9.78. The molecule has 0 amide bonds. The molecule has 0 radical (unpaired) electrons. The summed E-state index contributed by atoms with van der Waals surface area (Å²) < 4.78 is 22.7. The number of rotatable bonds is 5. The monoisotopic (exact) mass is 510 g/mol. The molecule has 1 heterocycles. The zero-order chi connectivity index (χ0) is 24.3. The van der Waals surface area contributed by atoms with E-state index < -0.39 is 28.2 Å². The maximum Gasteiger partial charge on any atom is 0.498 e. The number of benzene rings is 2. The summed E-state index contributed by atoms with van der Waals surface area (Å²) in [5, 5.41) is 21.1. The molecule has 0 saturated carbocycles. The second kappa shape index (κ2) is 9.84. The van der Waals surface area contributed by atoms with E-state index in [0.29, 0.717) is 21.4 Å². The molecule has 1 aliphatic heterocycles. The van der Waals surface area contributed by atoms with Crippen molar-refractivity contribution in [1.29, 1.82) is 0 Å². The molecule has 32 heavy (non-hydrogen) atoms. The predicted molar refractivity (Wildman–Crippen MR) is 123 cm³/mol. The molecule has 0 bridgehead atoms. The summed E-state index contributed by atoms with van der Waals surface area (Å²) in [5.41, 5.74) is -0.288. The molecule has 1 aliphatic rings. The fraction of sp³-hybridized carbons (Fsp3) is 0.400. The standard InChI is InChI=1S/C13H18BNO5.C7H6BrNO3/c1-12(2)13(3,4)20-14(19-12)10-7-6-9(15(16)17)8-11(10)18-5;1-12-7-4-5(9(10)11)2-3-6(7)8/h6-8H,1-5H3;2-4H,1H3. The first-order chi connectivity index (χ1) is 14.8. The van der Waals surface area contributed by atoms with Crippen molar-refractivity contribution in [3.05, 3.63) is 61.1 Å². The number of non-ortho nitro benzene ring substituents is 2. The van der Waals surface area contributed by atoms with Crippen LogP contribution in [0.3, 0.4) is 0 Å². The second-order valence-electron chi connectivity index (χ2n) is 7.85. The number of hydrogen-bond donors (Lipinski definition) is 0. The van der Waals surface area contributed by atoms with Gasteiger partial charge in [-0.3, -0.25) is 20.2 Å². The van der Waals surface area contributed by atoms with Crippen LogP contribution in [0.2, 0.25) is 0 Å². The first-order valence-corrected chi connectivity index (χ1v) is 10.3. The number of hydrogen-bond acceptors (Lipinski definition) is 8. The smallest absolute Gasteiger partial charge is 0.497 e. The van der Waals surface area contributed by atoms with Crippen molar-refractivity contribution in [2.45, 2.75) is 38.9 Å². The van der Waals surface area contributed by atoms with E-state index in [0.717, 1.165) is 0 Å². The molecule has 0 aliphatic carbocycles. The van der Waals surface area contributed by atoms with Crippen LogP contribution in [0.25, 0.3) is 0 Å². The Labute approximate surface area is 194 Å². The minimum absolute atomic E-state index is 0.0232. The Morgan fingerprint density at radius 1 is 0.844 bits per heavy atom. The molecule has 12 heteroatoms. The van der Waals surface area contributed by atoms with Gasteiger partial charge in [0.2, 0.25) is 0 Å². The summed E-state index contributed by atoms with van der Waals surface area (Å²) in [6.07, 6.45) is 0.